The van der Waals surface area contributed by atoms with Crippen molar-refractivity contribution >= 4 is 31.5 Å². The van der Waals surface area contributed by atoms with Crippen molar-refractivity contribution in [3.63, 3.8) is 0 Å². The second-order valence-electron chi connectivity index (χ2n) is 21.0. The van der Waals surface area contributed by atoms with Gasteiger partial charge in [0.25, 0.3) is 0 Å². The fourth-order valence-electron chi connectivity index (χ4n) is 8.20. The molecule has 2 heteroatoms. The Hall–Kier alpha value is -1.74. The maximum atomic E-state index is 4.71. The molecule has 1 N–H and O–H groups in total. The van der Waals surface area contributed by atoms with Crippen LogP contribution in [0.4, 0.5) is 5.69 Å². The van der Waals surface area contributed by atoms with Gasteiger partial charge in [-0.15, -0.1) is 0 Å². The van der Waals surface area contributed by atoms with Crippen molar-refractivity contribution in [3.8, 4) is 0 Å². The monoisotopic (exact) mass is 743 g/mol. The van der Waals surface area contributed by atoms with Gasteiger partial charge in [-0.2, -0.15) is 0 Å². The molecule has 0 saturated heterocycles. The summed E-state index contributed by atoms with van der Waals surface area (Å²) in [6.45, 7) is 48.4. The SMILES string of the molecule is Cc1cc(C)c([NH][Sn]2([c]3c(C(C)(C)C)cc(C(C)(C)C)cc3C(C)(C)C)[CH2]C(C)(C)c3cc(C(C)(C)C)cc(C(C)(C)C)[c]32)c(C)c1. The standard InChI is InChI=1S/C18H29.C18H28.C9H12N.Sn/c2*1-16(2,3)13-10-14(17(4,5)6)12-15(11-13)18(7,8)9;1-6-4-7(2)9(10)8(3)5-6;/h10-11H,1-9H3;10,12H,1H2,2-9H3;4-5,10H,1-3H3;/q;;-1;+1. The Balaban J connectivity index is 2.39. The van der Waals surface area contributed by atoms with Gasteiger partial charge in [-0.3, -0.25) is 0 Å². The molecule has 0 bridgehead atoms. The molecule has 0 fully saturated rings. The molecule has 3 aromatic rings. The van der Waals surface area contributed by atoms with E-state index in [1.807, 2.05) is 0 Å². The van der Waals surface area contributed by atoms with Gasteiger partial charge in [0.05, 0.1) is 0 Å². The van der Waals surface area contributed by atoms with Crippen LogP contribution in [-0.2, 0) is 32.5 Å². The number of rotatable bonds is 3. The third kappa shape index (κ3) is 7.13. The summed E-state index contributed by atoms with van der Waals surface area (Å²) in [6.07, 6.45) is 0. The molecule has 4 rings (SSSR count). The molecule has 1 unspecified atom stereocenters. The van der Waals surface area contributed by atoms with Crippen LogP contribution in [0.25, 0.3) is 0 Å². The van der Waals surface area contributed by atoms with Crippen molar-refractivity contribution in [2.45, 2.75) is 175 Å². The van der Waals surface area contributed by atoms with E-state index in [0.29, 0.717) is 0 Å². The van der Waals surface area contributed by atoms with Crippen LogP contribution in [0.15, 0.2) is 36.4 Å². The van der Waals surface area contributed by atoms with Gasteiger partial charge in [-0.1, -0.05) is 0 Å². The van der Waals surface area contributed by atoms with E-state index in [2.05, 4.69) is 175 Å². The van der Waals surface area contributed by atoms with Gasteiger partial charge in [0.1, 0.15) is 0 Å². The zero-order valence-corrected chi connectivity index (χ0v) is 37.0. The Kier molecular flexibility index (Phi) is 9.45. The van der Waals surface area contributed by atoms with Crippen LogP contribution in [0.3, 0.4) is 0 Å². The minimum absolute atomic E-state index is 0.00210. The van der Waals surface area contributed by atoms with Crippen molar-refractivity contribution in [1.82, 2.24) is 0 Å². The van der Waals surface area contributed by atoms with Gasteiger partial charge in [0, 0.05) is 0 Å². The zero-order valence-electron chi connectivity index (χ0n) is 34.2. The van der Waals surface area contributed by atoms with E-state index in [-0.39, 0.29) is 32.5 Å². The second kappa shape index (κ2) is 11.7. The quantitative estimate of drug-likeness (QED) is 0.264. The Labute approximate surface area is 295 Å². The number of nitrogens with one attached hydrogen (secondary N) is 1. The number of aryl methyl sites for hydroxylation is 3. The Morgan fingerprint density at radius 2 is 0.872 bits per heavy atom. The summed E-state index contributed by atoms with van der Waals surface area (Å²) in [5.41, 5.74) is 14.8. The van der Waals surface area contributed by atoms with Crippen LogP contribution in [0.1, 0.15) is 168 Å². The van der Waals surface area contributed by atoms with Gasteiger partial charge in [-0.25, -0.2) is 0 Å². The molecule has 0 amide bonds. The van der Waals surface area contributed by atoms with Gasteiger partial charge >= 0.3 is 297 Å². The molecular formula is C45H69NSn. The average Bonchev–Trinajstić information content (AvgIpc) is 3.09. The van der Waals surface area contributed by atoms with E-state index >= 15 is 0 Å². The molecule has 1 nitrogen and oxygen atoms in total. The van der Waals surface area contributed by atoms with Crippen molar-refractivity contribution < 1.29 is 0 Å². The predicted octanol–water partition coefficient (Wildman–Crippen LogP) is 11.6. The van der Waals surface area contributed by atoms with Crippen molar-refractivity contribution in [3.05, 3.63) is 86.5 Å². The first kappa shape index (κ1) is 38.1. The number of hydrogen-bond donors (Lipinski definition) is 1. The molecule has 1 atom stereocenters. The fourth-order valence-corrected chi connectivity index (χ4v) is 27.8. The molecule has 47 heavy (non-hydrogen) atoms. The molecule has 3 aromatic carbocycles. The Morgan fingerprint density at radius 1 is 0.511 bits per heavy atom. The van der Waals surface area contributed by atoms with Gasteiger partial charge in [0.15, 0.2) is 0 Å². The number of hydrogen-bond acceptors (Lipinski definition) is 1. The molecule has 258 valence electrons. The maximum absolute atomic E-state index is 4.71. The molecule has 0 aromatic heterocycles. The molecule has 1 heterocycles. The van der Waals surface area contributed by atoms with Crippen molar-refractivity contribution in [1.29, 1.82) is 0 Å². The molecule has 1 aliphatic heterocycles. The van der Waals surface area contributed by atoms with E-state index in [1.54, 1.807) is 29.4 Å². The van der Waals surface area contributed by atoms with E-state index in [0.717, 1.165) is 0 Å². The first-order valence-electron chi connectivity index (χ1n) is 18.2. The first-order chi connectivity index (χ1) is 20.9. The summed E-state index contributed by atoms with van der Waals surface area (Å²) in [7, 11) is 0. The molecule has 0 saturated carbocycles. The number of anilines is 1. The first-order valence-corrected chi connectivity index (χ1v) is 24.5. The third-order valence-electron chi connectivity index (χ3n) is 10.7. The fraction of sp³-hybridized carbons (Fsp3) is 0.600. The van der Waals surface area contributed by atoms with Gasteiger partial charge in [-0.05, 0) is 0 Å². The summed E-state index contributed by atoms with van der Waals surface area (Å²) in [5.74, 6) is 0. The van der Waals surface area contributed by atoms with Crippen LogP contribution in [0, 0.1) is 20.8 Å². The van der Waals surface area contributed by atoms with Crippen LogP contribution in [0.5, 0.6) is 0 Å². The number of fused-ring (bicyclic) bond motifs is 1. The van der Waals surface area contributed by atoms with E-state index < -0.39 is 18.7 Å². The molecular weight excluding hydrogens is 673 g/mol. The summed E-state index contributed by atoms with van der Waals surface area (Å²) < 4.78 is 9.32. The minimum atomic E-state index is -3.95. The van der Waals surface area contributed by atoms with Crippen LogP contribution < -0.4 is 10.7 Å². The summed E-state index contributed by atoms with van der Waals surface area (Å²) in [5, 5.41) is 0. The molecule has 0 radical (unpaired) electrons. The van der Waals surface area contributed by atoms with Gasteiger partial charge in [0.2, 0.25) is 0 Å². The molecule has 0 spiro atoms. The second-order valence-corrected chi connectivity index (χ2v) is 30.8. The van der Waals surface area contributed by atoms with Crippen LogP contribution in [-0.4, -0.2) is 18.7 Å². The van der Waals surface area contributed by atoms with Gasteiger partial charge < -0.3 is 0 Å². The van der Waals surface area contributed by atoms with E-state index in [1.165, 1.54) is 37.9 Å². The zero-order chi connectivity index (χ0) is 36.1. The average molecular weight is 743 g/mol. The summed E-state index contributed by atoms with van der Waals surface area (Å²) in [6, 6.07) is 15.3. The predicted molar refractivity (Wildman–Crippen MR) is 214 cm³/mol. The normalized spacial score (nSPS) is 18.8. The molecule has 1 aliphatic rings. The van der Waals surface area contributed by atoms with Crippen LogP contribution in [0.2, 0.25) is 4.44 Å². The third-order valence-corrected chi connectivity index (χ3v) is 24.7. The van der Waals surface area contributed by atoms with E-state index in [9.17, 15) is 0 Å². The summed E-state index contributed by atoms with van der Waals surface area (Å²) in [4.78, 5) is 0. The summed E-state index contributed by atoms with van der Waals surface area (Å²) >= 11 is -3.95. The van der Waals surface area contributed by atoms with E-state index in [4.69, 9.17) is 3.54 Å². The Bertz CT molecular complexity index is 1620. The topological polar surface area (TPSA) is 12.0 Å². The number of benzene rings is 3. The van der Waals surface area contributed by atoms with Crippen molar-refractivity contribution in [2.75, 3.05) is 3.54 Å². The molecule has 0 aliphatic carbocycles. The van der Waals surface area contributed by atoms with Crippen molar-refractivity contribution in [2.24, 2.45) is 0 Å². The Morgan fingerprint density at radius 3 is 1.23 bits per heavy atom. The van der Waals surface area contributed by atoms with Crippen LogP contribution >= 0.6 is 0 Å².